The number of benzene rings is 1. The fraction of sp³-hybridized carbons (Fsp3) is 0.480. The number of piperazine rings is 1. The standard InChI is InChI=1S/C25H27F6N3O4/c1-4-14(2)20(23(37)33-7-8-34(15(3)13-33)22(36)19-6-5-9-38-19)32-21(35)16-10-17(24(26,27)28)12-18(11-16)25(29,30)31/h5-6,9-12,14-15,20H,4,7-8,13H2,1-3H3,(H,32,35). The van der Waals surface area contributed by atoms with E-state index >= 15 is 0 Å². The monoisotopic (exact) mass is 547 g/mol. The fourth-order valence-electron chi connectivity index (χ4n) is 4.19. The first-order valence-electron chi connectivity index (χ1n) is 11.9. The van der Waals surface area contributed by atoms with Gasteiger partial charge < -0.3 is 19.5 Å². The summed E-state index contributed by atoms with van der Waals surface area (Å²) in [5, 5.41) is 2.35. The van der Waals surface area contributed by atoms with Gasteiger partial charge in [-0.2, -0.15) is 26.3 Å². The van der Waals surface area contributed by atoms with Gasteiger partial charge in [0.05, 0.1) is 17.4 Å². The highest BCUT2D eigenvalue weighted by Crippen LogP contribution is 2.36. The molecular weight excluding hydrogens is 520 g/mol. The van der Waals surface area contributed by atoms with Crippen LogP contribution in [0.1, 0.15) is 59.2 Å². The van der Waals surface area contributed by atoms with Crippen LogP contribution in [0, 0.1) is 5.92 Å². The molecular formula is C25H27F6N3O4. The predicted molar refractivity (Wildman–Crippen MR) is 123 cm³/mol. The summed E-state index contributed by atoms with van der Waals surface area (Å²) in [5.74, 6) is -2.49. The molecule has 1 fully saturated rings. The van der Waals surface area contributed by atoms with Crippen LogP contribution in [0.2, 0.25) is 0 Å². The molecule has 3 unspecified atom stereocenters. The number of hydrogen-bond donors (Lipinski definition) is 1. The maximum atomic E-state index is 13.4. The summed E-state index contributed by atoms with van der Waals surface area (Å²) in [4.78, 5) is 41.9. The van der Waals surface area contributed by atoms with Gasteiger partial charge in [0.25, 0.3) is 11.8 Å². The zero-order valence-corrected chi connectivity index (χ0v) is 20.8. The van der Waals surface area contributed by atoms with E-state index in [9.17, 15) is 40.7 Å². The van der Waals surface area contributed by atoms with Crippen LogP contribution in [0.4, 0.5) is 26.3 Å². The molecule has 13 heteroatoms. The topological polar surface area (TPSA) is 82.9 Å². The van der Waals surface area contributed by atoms with E-state index in [4.69, 9.17) is 4.42 Å². The number of nitrogens with one attached hydrogen (secondary N) is 1. The molecule has 1 N–H and O–H groups in total. The van der Waals surface area contributed by atoms with E-state index in [-0.39, 0.29) is 37.4 Å². The van der Waals surface area contributed by atoms with Crippen LogP contribution in [0.25, 0.3) is 0 Å². The Morgan fingerprint density at radius 2 is 1.66 bits per heavy atom. The summed E-state index contributed by atoms with van der Waals surface area (Å²) >= 11 is 0. The summed E-state index contributed by atoms with van der Waals surface area (Å²) < 4.78 is 84.6. The van der Waals surface area contributed by atoms with Gasteiger partial charge in [-0.3, -0.25) is 14.4 Å². The maximum Gasteiger partial charge on any atom is 0.416 e. The Bertz CT molecular complexity index is 1130. The highest BCUT2D eigenvalue weighted by atomic mass is 19.4. The lowest BCUT2D eigenvalue weighted by Gasteiger charge is -2.41. The first-order valence-corrected chi connectivity index (χ1v) is 11.9. The molecule has 1 saturated heterocycles. The van der Waals surface area contributed by atoms with Crippen LogP contribution in [0.15, 0.2) is 41.0 Å². The molecule has 1 aromatic carbocycles. The third-order valence-electron chi connectivity index (χ3n) is 6.55. The quantitative estimate of drug-likeness (QED) is 0.525. The molecule has 7 nitrogen and oxygen atoms in total. The Morgan fingerprint density at radius 3 is 2.13 bits per heavy atom. The van der Waals surface area contributed by atoms with Crippen molar-refractivity contribution in [3.05, 3.63) is 59.0 Å². The Balaban J connectivity index is 1.81. The summed E-state index contributed by atoms with van der Waals surface area (Å²) in [6.45, 7) is 5.46. The maximum absolute atomic E-state index is 13.4. The minimum absolute atomic E-state index is 0.0705. The van der Waals surface area contributed by atoms with Gasteiger partial charge in [0, 0.05) is 31.2 Å². The second-order valence-electron chi connectivity index (χ2n) is 9.24. The molecule has 208 valence electrons. The van der Waals surface area contributed by atoms with Crippen molar-refractivity contribution in [2.45, 2.75) is 51.6 Å². The number of halogens is 6. The zero-order chi connectivity index (χ0) is 28.4. The summed E-state index contributed by atoms with van der Waals surface area (Å²) in [6.07, 6.45) is -8.49. The third kappa shape index (κ3) is 6.48. The van der Waals surface area contributed by atoms with Gasteiger partial charge in [-0.1, -0.05) is 20.3 Å². The molecule has 3 amide bonds. The molecule has 2 aromatic rings. The molecule has 38 heavy (non-hydrogen) atoms. The van der Waals surface area contributed by atoms with E-state index in [0.717, 1.165) is 0 Å². The van der Waals surface area contributed by atoms with Crippen LogP contribution in [0.3, 0.4) is 0 Å². The lowest BCUT2D eigenvalue weighted by molar-refractivity contribution is -0.143. The number of hydrogen-bond acceptors (Lipinski definition) is 4. The van der Waals surface area contributed by atoms with Crippen LogP contribution < -0.4 is 5.32 Å². The van der Waals surface area contributed by atoms with E-state index < -0.39 is 58.9 Å². The number of carbonyl (C=O) groups excluding carboxylic acids is 3. The minimum Gasteiger partial charge on any atom is -0.459 e. The smallest absolute Gasteiger partial charge is 0.416 e. The van der Waals surface area contributed by atoms with Crippen LogP contribution in [-0.2, 0) is 17.1 Å². The number of carbonyl (C=O) groups is 3. The first-order chi connectivity index (χ1) is 17.6. The number of furan rings is 1. The first kappa shape index (κ1) is 29.1. The molecule has 1 aromatic heterocycles. The molecule has 3 rings (SSSR count). The van der Waals surface area contributed by atoms with Crippen molar-refractivity contribution in [3.63, 3.8) is 0 Å². The molecule has 1 aliphatic heterocycles. The largest absolute Gasteiger partial charge is 0.459 e. The molecule has 0 aliphatic carbocycles. The van der Waals surface area contributed by atoms with Gasteiger partial charge >= 0.3 is 12.4 Å². The molecule has 3 atom stereocenters. The van der Waals surface area contributed by atoms with Crippen LogP contribution >= 0.6 is 0 Å². The average molecular weight is 547 g/mol. The van der Waals surface area contributed by atoms with Gasteiger partial charge in [-0.05, 0) is 43.2 Å². The fourth-order valence-corrected chi connectivity index (χ4v) is 4.19. The number of alkyl halides is 6. The van der Waals surface area contributed by atoms with Gasteiger partial charge in [-0.15, -0.1) is 0 Å². The van der Waals surface area contributed by atoms with E-state index in [0.29, 0.717) is 18.6 Å². The predicted octanol–water partition coefficient (Wildman–Crippen LogP) is 4.83. The average Bonchev–Trinajstić information content (AvgIpc) is 3.39. The van der Waals surface area contributed by atoms with Gasteiger partial charge in [-0.25, -0.2) is 0 Å². The Kier molecular flexibility index (Phi) is 8.47. The van der Waals surface area contributed by atoms with Crippen molar-refractivity contribution < 1.29 is 45.1 Å². The third-order valence-corrected chi connectivity index (χ3v) is 6.55. The molecule has 0 saturated carbocycles. The molecule has 0 bridgehead atoms. The normalized spacial score (nSPS) is 18.2. The van der Waals surface area contributed by atoms with Crippen molar-refractivity contribution in [1.82, 2.24) is 15.1 Å². The second kappa shape index (κ2) is 11.1. The number of nitrogens with zero attached hydrogens (tertiary/aromatic N) is 2. The second-order valence-corrected chi connectivity index (χ2v) is 9.24. The Hall–Kier alpha value is -3.51. The van der Waals surface area contributed by atoms with E-state index in [1.165, 1.54) is 22.1 Å². The van der Waals surface area contributed by atoms with E-state index in [2.05, 4.69) is 5.32 Å². The van der Waals surface area contributed by atoms with Crippen molar-refractivity contribution in [3.8, 4) is 0 Å². The molecule has 0 spiro atoms. The van der Waals surface area contributed by atoms with Gasteiger partial charge in [0.2, 0.25) is 5.91 Å². The summed E-state index contributed by atoms with van der Waals surface area (Å²) in [7, 11) is 0. The van der Waals surface area contributed by atoms with Crippen LogP contribution in [0.5, 0.6) is 0 Å². The Morgan fingerprint density at radius 1 is 1.05 bits per heavy atom. The Labute approximate surface area is 214 Å². The van der Waals surface area contributed by atoms with E-state index in [1.807, 2.05) is 0 Å². The van der Waals surface area contributed by atoms with Gasteiger partial charge in [0.15, 0.2) is 5.76 Å². The zero-order valence-electron chi connectivity index (χ0n) is 20.8. The number of rotatable bonds is 6. The highest BCUT2D eigenvalue weighted by molar-refractivity contribution is 5.98. The van der Waals surface area contributed by atoms with Crippen LogP contribution in [-0.4, -0.2) is 59.2 Å². The van der Waals surface area contributed by atoms with Crippen molar-refractivity contribution in [2.24, 2.45) is 5.92 Å². The summed E-state index contributed by atoms with van der Waals surface area (Å²) in [6, 6.07) is 2.03. The lowest BCUT2D eigenvalue weighted by Crippen LogP contribution is -2.60. The molecule has 2 heterocycles. The van der Waals surface area contributed by atoms with Crippen molar-refractivity contribution in [2.75, 3.05) is 19.6 Å². The molecule has 1 aliphatic rings. The summed E-state index contributed by atoms with van der Waals surface area (Å²) in [5.41, 5.74) is -4.12. The molecule has 0 radical (unpaired) electrons. The highest BCUT2D eigenvalue weighted by Gasteiger charge is 2.39. The lowest BCUT2D eigenvalue weighted by atomic mass is 9.96. The van der Waals surface area contributed by atoms with E-state index in [1.54, 1.807) is 26.8 Å². The SMILES string of the molecule is CCC(C)C(NC(=O)c1cc(C(F)(F)F)cc(C(F)(F)F)c1)C(=O)N1CCN(C(=O)c2ccco2)C(C)C1. The minimum atomic E-state index is -5.12. The van der Waals surface area contributed by atoms with Crippen molar-refractivity contribution >= 4 is 17.7 Å². The van der Waals surface area contributed by atoms with Gasteiger partial charge in [0.1, 0.15) is 6.04 Å². The number of amides is 3. The van der Waals surface area contributed by atoms with Crippen molar-refractivity contribution in [1.29, 1.82) is 0 Å².